The lowest BCUT2D eigenvalue weighted by Gasteiger charge is -2.22. The van der Waals surface area contributed by atoms with Gasteiger partial charge in [-0.1, -0.05) is 18.2 Å². The fraction of sp³-hybridized carbons (Fsp3) is 0.263. The van der Waals surface area contributed by atoms with Gasteiger partial charge in [0, 0.05) is 24.5 Å². The molecule has 0 saturated heterocycles. The largest absolute Gasteiger partial charge is 0.496 e. The fourth-order valence-corrected chi connectivity index (χ4v) is 3.24. The van der Waals surface area contributed by atoms with E-state index in [2.05, 4.69) is 5.10 Å². The molecule has 2 heterocycles. The Morgan fingerprint density at radius 3 is 2.80 bits per heavy atom. The topological polar surface area (TPSA) is 60.4 Å². The summed E-state index contributed by atoms with van der Waals surface area (Å²) in [5, 5.41) is 6.09. The second kappa shape index (κ2) is 6.12. The van der Waals surface area contributed by atoms with Gasteiger partial charge in [-0.25, -0.2) is 5.01 Å². The Hall–Kier alpha value is -3.02. The monoisotopic (exact) mass is 338 g/mol. The van der Waals surface area contributed by atoms with Crippen molar-refractivity contribution < 1.29 is 19.0 Å². The molecule has 25 heavy (non-hydrogen) atoms. The van der Waals surface area contributed by atoms with Gasteiger partial charge in [0.05, 0.1) is 18.9 Å². The molecule has 1 atom stereocenters. The number of hydrogen-bond acceptors (Lipinski definition) is 5. The number of hydrogen-bond donors (Lipinski definition) is 0. The highest BCUT2D eigenvalue weighted by Crippen LogP contribution is 2.39. The quantitative estimate of drug-likeness (QED) is 0.863. The Kier molecular flexibility index (Phi) is 3.80. The molecular formula is C19H18N2O4. The summed E-state index contributed by atoms with van der Waals surface area (Å²) in [6.07, 6.45) is 0.611. The second-order valence-corrected chi connectivity index (χ2v) is 5.94. The number of hydrazone groups is 1. The molecule has 0 saturated carbocycles. The Balaban J connectivity index is 1.70. The second-order valence-electron chi connectivity index (χ2n) is 5.94. The molecule has 2 aromatic rings. The van der Waals surface area contributed by atoms with Crippen molar-refractivity contribution >= 4 is 11.6 Å². The molecule has 2 aromatic carbocycles. The summed E-state index contributed by atoms with van der Waals surface area (Å²) in [6.45, 7) is 1.75. The molecule has 6 heteroatoms. The van der Waals surface area contributed by atoms with Crippen LogP contribution in [0.5, 0.6) is 17.2 Å². The van der Waals surface area contributed by atoms with Gasteiger partial charge in [-0.2, -0.15) is 5.10 Å². The highest BCUT2D eigenvalue weighted by molar-refractivity contribution is 6.03. The van der Waals surface area contributed by atoms with Gasteiger partial charge in [0.25, 0.3) is 0 Å². The predicted molar refractivity (Wildman–Crippen MR) is 92.0 cm³/mol. The van der Waals surface area contributed by atoms with Crippen molar-refractivity contribution in [2.45, 2.75) is 19.4 Å². The van der Waals surface area contributed by atoms with E-state index in [0.29, 0.717) is 12.2 Å². The SMILES string of the molecule is COc1ccccc1[C@H]1CC(c2ccc3c(c2)OCO3)=NN1C(C)=O. The maximum Gasteiger partial charge on any atom is 0.240 e. The zero-order valence-electron chi connectivity index (χ0n) is 14.1. The number of fused-ring (bicyclic) bond motifs is 1. The molecule has 0 fully saturated rings. The van der Waals surface area contributed by atoms with E-state index in [4.69, 9.17) is 14.2 Å². The van der Waals surface area contributed by atoms with Gasteiger partial charge in [0.2, 0.25) is 12.7 Å². The first-order valence-electron chi connectivity index (χ1n) is 8.07. The molecule has 6 nitrogen and oxygen atoms in total. The third-order valence-electron chi connectivity index (χ3n) is 4.44. The standard InChI is InChI=1S/C19H18N2O4/c1-12(22)21-16(14-5-3-4-6-17(14)23-2)10-15(20-21)13-7-8-18-19(9-13)25-11-24-18/h3-9,16H,10-11H2,1-2H3/t16-/m1/s1. The molecule has 0 aromatic heterocycles. The van der Waals surface area contributed by atoms with Crippen LogP contribution >= 0.6 is 0 Å². The minimum Gasteiger partial charge on any atom is -0.496 e. The fourth-order valence-electron chi connectivity index (χ4n) is 3.24. The van der Waals surface area contributed by atoms with Gasteiger partial charge >= 0.3 is 0 Å². The number of ether oxygens (including phenoxy) is 3. The lowest BCUT2D eigenvalue weighted by Crippen LogP contribution is -2.24. The molecule has 0 unspecified atom stereocenters. The molecule has 0 N–H and O–H groups in total. The maximum atomic E-state index is 12.1. The number of methoxy groups -OCH3 is 1. The minimum atomic E-state index is -0.186. The van der Waals surface area contributed by atoms with Crippen molar-refractivity contribution in [3.8, 4) is 17.2 Å². The lowest BCUT2D eigenvalue weighted by molar-refractivity contribution is -0.130. The number of benzene rings is 2. The van der Waals surface area contributed by atoms with Crippen LogP contribution in [0, 0.1) is 0 Å². The summed E-state index contributed by atoms with van der Waals surface area (Å²) >= 11 is 0. The summed E-state index contributed by atoms with van der Waals surface area (Å²) in [5.74, 6) is 2.08. The van der Waals surface area contributed by atoms with Crippen molar-refractivity contribution in [2.24, 2.45) is 5.10 Å². The highest BCUT2D eigenvalue weighted by atomic mass is 16.7. The first-order valence-corrected chi connectivity index (χ1v) is 8.07. The average Bonchev–Trinajstić information content (AvgIpc) is 3.27. The van der Waals surface area contributed by atoms with Crippen LogP contribution in [0.3, 0.4) is 0 Å². The van der Waals surface area contributed by atoms with Crippen molar-refractivity contribution in [1.82, 2.24) is 5.01 Å². The van der Waals surface area contributed by atoms with E-state index in [9.17, 15) is 4.79 Å². The number of carbonyl (C=O) groups excluding carboxylic acids is 1. The van der Waals surface area contributed by atoms with Crippen molar-refractivity contribution in [3.05, 3.63) is 53.6 Å². The van der Waals surface area contributed by atoms with Crippen LogP contribution in [0.2, 0.25) is 0 Å². The molecule has 0 bridgehead atoms. The summed E-state index contributed by atoms with van der Waals surface area (Å²) in [4.78, 5) is 12.1. The van der Waals surface area contributed by atoms with Gasteiger partial charge in [-0.15, -0.1) is 0 Å². The predicted octanol–water partition coefficient (Wildman–Crippen LogP) is 3.12. The third kappa shape index (κ3) is 2.69. The summed E-state index contributed by atoms with van der Waals surface area (Å²) in [6, 6.07) is 13.2. The Bertz CT molecular complexity index is 862. The van der Waals surface area contributed by atoms with Crippen LogP contribution in [0.4, 0.5) is 0 Å². The average molecular weight is 338 g/mol. The Morgan fingerprint density at radius 1 is 1.20 bits per heavy atom. The number of para-hydroxylation sites is 1. The van der Waals surface area contributed by atoms with Crippen LogP contribution in [0.25, 0.3) is 0 Å². The van der Waals surface area contributed by atoms with Crippen molar-refractivity contribution in [1.29, 1.82) is 0 Å². The van der Waals surface area contributed by atoms with E-state index in [0.717, 1.165) is 28.3 Å². The minimum absolute atomic E-state index is 0.105. The first kappa shape index (κ1) is 15.5. The Morgan fingerprint density at radius 2 is 2.00 bits per heavy atom. The van der Waals surface area contributed by atoms with Crippen molar-refractivity contribution in [3.63, 3.8) is 0 Å². The first-order chi connectivity index (χ1) is 12.2. The molecule has 2 aliphatic rings. The van der Waals surface area contributed by atoms with Gasteiger partial charge in [0.15, 0.2) is 11.5 Å². The normalized spacial score (nSPS) is 18.2. The third-order valence-corrected chi connectivity index (χ3v) is 4.44. The molecular weight excluding hydrogens is 320 g/mol. The summed E-state index contributed by atoms with van der Waals surface area (Å²) in [7, 11) is 1.63. The van der Waals surface area contributed by atoms with Crippen LogP contribution < -0.4 is 14.2 Å². The van der Waals surface area contributed by atoms with Gasteiger partial charge in [-0.3, -0.25) is 4.79 Å². The van der Waals surface area contributed by atoms with Crippen LogP contribution in [0.15, 0.2) is 47.6 Å². The van der Waals surface area contributed by atoms with E-state index in [1.165, 1.54) is 11.9 Å². The molecule has 128 valence electrons. The van der Waals surface area contributed by atoms with E-state index in [1.807, 2.05) is 42.5 Å². The summed E-state index contributed by atoms with van der Waals surface area (Å²) < 4.78 is 16.3. The molecule has 4 rings (SSSR count). The lowest BCUT2D eigenvalue weighted by atomic mass is 9.97. The molecule has 0 aliphatic carbocycles. The Labute approximate surface area is 145 Å². The van der Waals surface area contributed by atoms with Gasteiger partial charge in [0.1, 0.15) is 5.75 Å². The summed E-state index contributed by atoms with van der Waals surface area (Å²) in [5.41, 5.74) is 2.71. The molecule has 2 aliphatic heterocycles. The number of nitrogens with zero attached hydrogens (tertiary/aromatic N) is 2. The zero-order valence-corrected chi connectivity index (χ0v) is 14.1. The molecule has 1 amide bonds. The van der Waals surface area contributed by atoms with E-state index in [1.54, 1.807) is 7.11 Å². The van der Waals surface area contributed by atoms with E-state index in [-0.39, 0.29) is 18.7 Å². The van der Waals surface area contributed by atoms with Crippen LogP contribution in [0.1, 0.15) is 30.5 Å². The molecule has 0 radical (unpaired) electrons. The van der Waals surface area contributed by atoms with E-state index < -0.39 is 0 Å². The number of carbonyl (C=O) groups is 1. The smallest absolute Gasteiger partial charge is 0.240 e. The van der Waals surface area contributed by atoms with E-state index >= 15 is 0 Å². The van der Waals surface area contributed by atoms with Crippen LogP contribution in [-0.2, 0) is 4.79 Å². The molecule has 0 spiro atoms. The number of amides is 1. The van der Waals surface area contributed by atoms with Gasteiger partial charge < -0.3 is 14.2 Å². The zero-order chi connectivity index (χ0) is 17.4. The highest BCUT2D eigenvalue weighted by Gasteiger charge is 2.33. The van der Waals surface area contributed by atoms with Gasteiger partial charge in [-0.05, 0) is 24.3 Å². The number of rotatable bonds is 3. The van der Waals surface area contributed by atoms with Crippen LogP contribution in [-0.4, -0.2) is 30.5 Å². The maximum absolute atomic E-state index is 12.1. The van der Waals surface area contributed by atoms with Crippen molar-refractivity contribution in [2.75, 3.05) is 13.9 Å².